The molecule has 0 aliphatic carbocycles. The molecule has 3 heterocycles. The van der Waals surface area contributed by atoms with Gasteiger partial charge in [-0.25, -0.2) is 4.98 Å². The van der Waals surface area contributed by atoms with Gasteiger partial charge in [0.2, 0.25) is 0 Å². The molecule has 1 N–H and O–H groups in total. The maximum Gasteiger partial charge on any atom is 0.274 e. The second-order valence-electron chi connectivity index (χ2n) is 5.56. The Labute approximate surface area is 133 Å². The van der Waals surface area contributed by atoms with Crippen LogP contribution in [0.25, 0.3) is 0 Å². The Morgan fingerprint density at radius 3 is 2.83 bits per heavy atom. The highest BCUT2D eigenvalue weighted by Crippen LogP contribution is 2.20. The van der Waals surface area contributed by atoms with Crippen LogP contribution in [0.15, 0.2) is 12.1 Å². The van der Waals surface area contributed by atoms with Crippen LogP contribution in [0.1, 0.15) is 28.2 Å². The maximum atomic E-state index is 12.6. The monoisotopic (exact) mass is 317 g/mol. The molecule has 2 aromatic heterocycles. The first-order valence-corrected chi connectivity index (χ1v) is 7.35. The van der Waals surface area contributed by atoms with Crippen molar-refractivity contribution >= 4 is 11.7 Å². The van der Waals surface area contributed by atoms with Gasteiger partial charge in [0.25, 0.3) is 5.91 Å². The number of aryl methyl sites for hydroxylation is 1. The summed E-state index contributed by atoms with van der Waals surface area (Å²) < 4.78 is 5.66. The van der Waals surface area contributed by atoms with E-state index in [-0.39, 0.29) is 12.0 Å². The molecule has 23 heavy (non-hydrogen) atoms. The number of hydrogen-bond acceptors (Lipinski definition) is 7. The number of anilines is 1. The topological polar surface area (TPSA) is 100 Å². The smallest absolute Gasteiger partial charge is 0.274 e. The molecule has 3 rings (SSSR count). The zero-order chi connectivity index (χ0) is 16.4. The predicted molar refractivity (Wildman–Crippen MR) is 82.1 cm³/mol. The van der Waals surface area contributed by atoms with E-state index in [1.807, 2.05) is 25.9 Å². The number of nitrogens with one attached hydrogen (secondary N) is 1. The molecule has 0 bridgehead atoms. The van der Waals surface area contributed by atoms with E-state index in [1.165, 1.54) is 0 Å². The van der Waals surface area contributed by atoms with Crippen LogP contribution in [0.5, 0.6) is 0 Å². The van der Waals surface area contributed by atoms with Crippen LogP contribution in [-0.4, -0.2) is 70.0 Å². The van der Waals surface area contributed by atoms with Crippen LogP contribution >= 0.6 is 0 Å². The second kappa shape index (κ2) is 6.29. The van der Waals surface area contributed by atoms with Crippen molar-refractivity contribution < 1.29 is 9.53 Å². The SMILES string of the molecule is Cc1nc([C@@H]2CN(C(=O)c3ccc(N(C)C)nn3)CCO2)n[nH]1. The van der Waals surface area contributed by atoms with Gasteiger partial charge in [-0.2, -0.15) is 5.10 Å². The molecule has 1 amide bonds. The molecule has 0 aromatic carbocycles. The fraction of sp³-hybridized carbons (Fsp3) is 0.500. The molecule has 1 atom stereocenters. The lowest BCUT2D eigenvalue weighted by atomic mass is 10.2. The molecule has 1 fully saturated rings. The van der Waals surface area contributed by atoms with Crippen molar-refractivity contribution in [1.82, 2.24) is 30.3 Å². The van der Waals surface area contributed by atoms with E-state index in [0.717, 1.165) is 5.82 Å². The standard InChI is InChI=1S/C14H19N7O2/c1-9-15-13(19-16-9)11-8-21(6-7-23-11)14(22)10-4-5-12(18-17-10)20(2)3/h4-5,11H,6-8H2,1-3H3,(H,15,16,19)/t11-/m0/s1. The Morgan fingerprint density at radius 1 is 1.39 bits per heavy atom. The Balaban J connectivity index is 1.71. The summed E-state index contributed by atoms with van der Waals surface area (Å²) in [4.78, 5) is 20.4. The molecule has 9 heteroatoms. The number of aromatic nitrogens is 5. The van der Waals surface area contributed by atoms with Gasteiger partial charge < -0.3 is 14.5 Å². The highest BCUT2D eigenvalue weighted by molar-refractivity contribution is 5.92. The maximum absolute atomic E-state index is 12.6. The van der Waals surface area contributed by atoms with Crippen molar-refractivity contribution in [3.63, 3.8) is 0 Å². The van der Waals surface area contributed by atoms with Crippen LogP contribution < -0.4 is 4.90 Å². The van der Waals surface area contributed by atoms with E-state index in [2.05, 4.69) is 25.4 Å². The number of aromatic amines is 1. The van der Waals surface area contributed by atoms with Gasteiger partial charge >= 0.3 is 0 Å². The summed E-state index contributed by atoms with van der Waals surface area (Å²) in [7, 11) is 3.74. The van der Waals surface area contributed by atoms with Crippen LogP contribution in [-0.2, 0) is 4.74 Å². The van der Waals surface area contributed by atoms with E-state index in [0.29, 0.717) is 37.0 Å². The number of rotatable bonds is 3. The number of morpholine rings is 1. The van der Waals surface area contributed by atoms with Crippen molar-refractivity contribution in [2.75, 3.05) is 38.7 Å². The third kappa shape index (κ3) is 3.29. The number of hydrogen-bond donors (Lipinski definition) is 1. The summed E-state index contributed by atoms with van der Waals surface area (Å²) in [6.45, 7) is 3.17. The summed E-state index contributed by atoms with van der Waals surface area (Å²) in [6, 6.07) is 3.46. The van der Waals surface area contributed by atoms with Crippen LogP contribution in [0.4, 0.5) is 5.82 Å². The Hall–Kier alpha value is -2.55. The fourth-order valence-corrected chi connectivity index (χ4v) is 2.33. The Morgan fingerprint density at radius 2 is 2.22 bits per heavy atom. The number of amides is 1. The van der Waals surface area contributed by atoms with Gasteiger partial charge in [0.15, 0.2) is 17.3 Å². The number of carbonyl (C=O) groups excluding carboxylic acids is 1. The minimum atomic E-state index is -0.327. The second-order valence-corrected chi connectivity index (χ2v) is 5.56. The van der Waals surface area contributed by atoms with E-state index in [1.54, 1.807) is 17.0 Å². The van der Waals surface area contributed by atoms with Crippen molar-refractivity contribution in [2.24, 2.45) is 0 Å². The molecule has 1 saturated heterocycles. The van der Waals surface area contributed by atoms with Gasteiger partial charge in [-0.3, -0.25) is 9.89 Å². The molecule has 1 aliphatic rings. The first kappa shape index (κ1) is 15.3. The number of nitrogens with zero attached hydrogens (tertiary/aromatic N) is 6. The van der Waals surface area contributed by atoms with Crippen molar-refractivity contribution in [3.8, 4) is 0 Å². The molecule has 0 spiro atoms. The van der Waals surface area contributed by atoms with Gasteiger partial charge in [-0.15, -0.1) is 10.2 Å². The van der Waals surface area contributed by atoms with E-state index in [4.69, 9.17) is 4.74 Å². The zero-order valence-corrected chi connectivity index (χ0v) is 13.4. The first-order chi connectivity index (χ1) is 11.0. The molecule has 0 unspecified atom stereocenters. The number of ether oxygens (including phenoxy) is 1. The Bertz CT molecular complexity index is 683. The van der Waals surface area contributed by atoms with Gasteiger partial charge in [0.05, 0.1) is 13.2 Å². The first-order valence-electron chi connectivity index (χ1n) is 7.35. The normalized spacial score (nSPS) is 18.0. The Kier molecular flexibility index (Phi) is 4.20. The molecule has 1 aliphatic heterocycles. The zero-order valence-electron chi connectivity index (χ0n) is 13.4. The molecule has 0 saturated carbocycles. The minimum Gasteiger partial charge on any atom is -0.366 e. The molecule has 122 valence electrons. The van der Waals surface area contributed by atoms with Crippen molar-refractivity contribution in [3.05, 3.63) is 29.5 Å². The lowest BCUT2D eigenvalue weighted by Crippen LogP contribution is -2.43. The highest BCUT2D eigenvalue weighted by Gasteiger charge is 2.29. The lowest BCUT2D eigenvalue weighted by Gasteiger charge is -2.31. The van der Waals surface area contributed by atoms with Crippen LogP contribution in [0, 0.1) is 6.92 Å². The largest absolute Gasteiger partial charge is 0.366 e. The molecule has 2 aromatic rings. The van der Waals surface area contributed by atoms with Gasteiger partial charge in [-0.1, -0.05) is 0 Å². The molecule has 0 radical (unpaired) electrons. The number of carbonyl (C=O) groups is 1. The summed E-state index contributed by atoms with van der Waals surface area (Å²) in [5.74, 6) is 1.83. The van der Waals surface area contributed by atoms with Crippen molar-refractivity contribution in [2.45, 2.75) is 13.0 Å². The lowest BCUT2D eigenvalue weighted by molar-refractivity contribution is -0.0268. The van der Waals surface area contributed by atoms with Gasteiger partial charge in [0, 0.05) is 20.6 Å². The van der Waals surface area contributed by atoms with E-state index in [9.17, 15) is 4.79 Å². The molecular formula is C14H19N7O2. The minimum absolute atomic E-state index is 0.164. The fourth-order valence-electron chi connectivity index (χ4n) is 2.33. The summed E-state index contributed by atoms with van der Waals surface area (Å²) >= 11 is 0. The van der Waals surface area contributed by atoms with Gasteiger partial charge in [0.1, 0.15) is 11.9 Å². The summed E-state index contributed by atoms with van der Waals surface area (Å²) in [5.41, 5.74) is 0.322. The summed E-state index contributed by atoms with van der Waals surface area (Å²) in [5, 5.41) is 14.9. The van der Waals surface area contributed by atoms with Crippen LogP contribution in [0.2, 0.25) is 0 Å². The molecule has 9 nitrogen and oxygen atoms in total. The third-order valence-electron chi connectivity index (χ3n) is 3.58. The van der Waals surface area contributed by atoms with Crippen molar-refractivity contribution in [1.29, 1.82) is 0 Å². The van der Waals surface area contributed by atoms with Gasteiger partial charge in [-0.05, 0) is 19.1 Å². The third-order valence-corrected chi connectivity index (χ3v) is 3.58. The van der Waals surface area contributed by atoms with E-state index >= 15 is 0 Å². The quantitative estimate of drug-likeness (QED) is 0.862. The molecular weight excluding hydrogens is 298 g/mol. The average Bonchev–Trinajstić information content (AvgIpc) is 3.01. The summed E-state index contributed by atoms with van der Waals surface area (Å²) in [6.07, 6.45) is -0.327. The number of H-pyrrole nitrogens is 1. The average molecular weight is 317 g/mol. The predicted octanol–water partition coefficient (Wildman–Crippen LogP) is 0.183. The highest BCUT2D eigenvalue weighted by atomic mass is 16.5. The van der Waals surface area contributed by atoms with Crippen LogP contribution in [0.3, 0.4) is 0 Å². The van der Waals surface area contributed by atoms with E-state index < -0.39 is 0 Å².